The first-order valence-corrected chi connectivity index (χ1v) is 9.10. The molecule has 0 heterocycles. The Morgan fingerprint density at radius 1 is 0.913 bits per heavy atom. The molecule has 0 N–H and O–H groups in total. The van der Waals surface area contributed by atoms with Crippen LogP contribution in [0.25, 0.3) is 10.8 Å². The van der Waals surface area contributed by atoms with Crippen LogP contribution in [0, 0.1) is 0 Å². The molecule has 1 nitrogen and oxygen atoms in total. The number of benzene rings is 3. The molecular formula is C21H22OS. The maximum Gasteiger partial charge on any atom is 0.138 e. The average Bonchev–Trinajstić information content (AvgIpc) is 2.62. The third kappa shape index (κ3) is 3.89. The zero-order valence-corrected chi connectivity index (χ0v) is 14.5. The van der Waals surface area contributed by atoms with Gasteiger partial charge < -0.3 is 4.74 Å². The predicted molar refractivity (Wildman–Crippen MR) is 100 cm³/mol. The van der Waals surface area contributed by atoms with Crippen LogP contribution in [-0.4, -0.2) is 5.94 Å². The number of hydrogen-bond donors (Lipinski definition) is 0. The van der Waals surface area contributed by atoms with Crippen molar-refractivity contribution in [2.45, 2.75) is 31.1 Å². The summed E-state index contributed by atoms with van der Waals surface area (Å²) in [6, 6.07) is 23.4. The van der Waals surface area contributed by atoms with E-state index in [4.69, 9.17) is 4.74 Å². The molecule has 0 bridgehead atoms. The molecule has 2 heteroatoms. The molecule has 0 aliphatic rings. The summed E-state index contributed by atoms with van der Waals surface area (Å²) in [6.45, 7) is 4.47. The Kier molecular flexibility index (Phi) is 5.24. The van der Waals surface area contributed by atoms with Crippen LogP contribution in [0.2, 0.25) is 0 Å². The fourth-order valence-electron chi connectivity index (χ4n) is 2.61. The highest BCUT2D eigenvalue weighted by molar-refractivity contribution is 7.99. The Balaban J connectivity index is 1.62. The fraction of sp³-hybridized carbons (Fsp3) is 0.238. The van der Waals surface area contributed by atoms with E-state index in [1.54, 1.807) is 11.8 Å². The Bertz CT molecular complexity index is 759. The maximum absolute atomic E-state index is 5.89. The van der Waals surface area contributed by atoms with Crippen LogP contribution in [0.4, 0.5) is 0 Å². The minimum Gasteiger partial charge on any atom is -0.483 e. The van der Waals surface area contributed by atoms with Crippen molar-refractivity contribution in [1.29, 1.82) is 0 Å². The largest absolute Gasteiger partial charge is 0.483 e. The second-order valence-corrected chi connectivity index (χ2v) is 6.73. The summed E-state index contributed by atoms with van der Waals surface area (Å²) < 4.78 is 5.89. The van der Waals surface area contributed by atoms with Gasteiger partial charge in [-0.25, -0.2) is 0 Å². The van der Waals surface area contributed by atoms with Gasteiger partial charge in [-0.3, -0.25) is 0 Å². The minimum atomic E-state index is 0.606. The zero-order chi connectivity index (χ0) is 16.1. The van der Waals surface area contributed by atoms with Crippen molar-refractivity contribution in [2.75, 3.05) is 5.94 Å². The topological polar surface area (TPSA) is 9.23 Å². The van der Waals surface area contributed by atoms with E-state index in [1.807, 2.05) is 0 Å². The van der Waals surface area contributed by atoms with Crippen LogP contribution < -0.4 is 4.74 Å². The van der Waals surface area contributed by atoms with Gasteiger partial charge >= 0.3 is 0 Å². The van der Waals surface area contributed by atoms with E-state index in [2.05, 4.69) is 80.6 Å². The van der Waals surface area contributed by atoms with Crippen molar-refractivity contribution in [2.24, 2.45) is 0 Å². The monoisotopic (exact) mass is 322 g/mol. The summed E-state index contributed by atoms with van der Waals surface area (Å²) in [5.74, 6) is 2.16. The Hall–Kier alpha value is -1.93. The molecule has 0 aromatic heterocycles. The number of thioether (sulfide) groups is 1. The molecule has 0 amide bonds. The van der Waals surface area contributed by atoms with Gasteiger partial charge in [-0.05, 0) is 46.9 Å². The maximum atomic E-state index is 5.89. The first-order valence-electron chi connectivity index (χ1n) is 8.11. The second kappa shape index (κ2) is 7.56. The van der Waals surface area contributed by atoms with Gasteiger partial charge in [-0.2, -0.15) is 0 Å². The molecule has 0 aliphatic carbocycles. The molecule has 1 atom stereocenters. The Morgan fingerprint density at radius 3 is 2.43 bits per heavy atom. The number of fused-ring (bicyclic) bond motifs is 1. The SMILES string of the molecule is CCC(C)c1ccc(OCSc2cccc3ccccc23)cc1. The molecular weight excluding hydrogens is 300 g/mol. The highest BCUT2D eigenvalue weighted by Gasteiger charge is 2.04. The molecule has 0 fully saturated rings. The average molecular weight is 322 g/mol. The summed E-state index contributed by atoms with van der Waals surface area (Å²) >= 11 is 1.74. The number of ether oxygens (including phenoxy) is 1. The first kappa shape index (κ1) is 15.9. The molecule has 3 aromatic carbocycles. The van der Waals surface area contributed by atoms with E-state index in [1.165, 1.54) is 21.2 Å². The van der Waals surface area contributed by atoms with Crippen molar-refractivity contribution in [1.82, 2.24) is 0 Å². The molecule has 0 aliphatic heterocycles. The van der Waals surface area contributed by atoms with Crippen LogP contribution in [0.5, 0.6) is 5.75 Å². The smallest absolute Gasteiger partial charge is 0.138 e. The lowest BCUT2D eigenvalue weighted by atomic mass is 9.99. The quantitative estimate of drug-likeness (QED) is 0.379. The minimum absolute atomic E-state index is 0.606. The van der Waals surface area contributed by atoms with E-state index in [0.29, 0.717) is 11.9 Å². The van der Waals surface area contributed by atoms with Crippen LogP contribution in [0.1, 0.15) is 31.7 Å². The summed E-state index contributed by atoms with van der Waals surface area (Å²) in [4.78, 5) is 1.26. The van der Waals surface area contributed by atoms with Crippen molar-refractivity contribution < 1.29 is 4.74 Å². The highest BCUT2D eigenvalue weighted by atomic mass is 32.2. The molecule has 1 unspecified atom stereocenters. The highest BCUT2D eigenvalue weighted by Crippen LogP contribution is 2.28. The lowest BCUT2D eigenvalue weighted by Gasteiger charge is -2.11. The first-order chi connectivity index (χ1) is 11.3. The van der Waals surface area contributed by atoms with Gasteiger partial charge in [0.25, 0.3) is 0 Å². The Labute approximate surface area is 142 Å². The molecule has 0 spiro atoms. The van der Waals surface area contributed by atoms with E-state index in [-0.39, 0.29) is 0 Å². The lowest BCUT2D eigenvalue weighted by molar-refractivity contribution is 0.393. The normalized spacial score (nSPS) is 12.3. The molecule has 0 radical (unpaired) electrons. The van der Waals surface area contributed by atoms with Gasteiger partial charge in [0.2, 0.25) is 0 Å². The fourth-order valence-corrected chi connectivity index (χ4v) is 3.45. The number of rotatable bonds is 6. The van der Waals surface area contributed by atoms with Crippen molar-refractivity contribution in [3.63, 3.8) is 0 Å². The Morgan fingerprint density at radius 2 is 1.65 bits per heavy atom. The summed E-state index contributed by atoms with van der Waals surface area (Å²) in [5, 5.41) is 2.56. The third-order valence-electron chi connectivity index (χ3n) is 4.25. The van der Waals surface area contributed by atoms with Crippen LogP contribution in [0.3, 0.4) is 0 Å². The number of hydrogen-bond acceptors (Lipinski definition) is 2. The molecule has 3 rings (SSSR count). The molecule has 3 aromatic rings. The van der Waals surface area contributed by atoms with E-state index in [9.17, 15) is 0 Å². The van der Waals surface area contributed by atoms with E-state index >= 15 is 0 Å². The molecule has 0 saturated heterocycles. The second-order valence-electron chi connectivity index (χ2n) is 5.76. The predicted octanol–water partition coefficient (Wildman–Crippen LogP) is 6.48. The van der Waals surface area contributed by atoms with Gasteiger partial charge in [0.15, 0.2) is 0 Å². The van der Waals surface area contributed by atoms with Crippen molar-refractivity contribution >= 4 is 22.5 Å². The molecule has 118 valence electrons. The standard InChI is InChI=1S/C21H22OS/c1-3-16(2)17-11-13-19(14-12-17)22-15-23-21-10-6-8-18-7-4-5-9-20(18)21/h4-14,16H,3,15H2,1-2H3. The van der Waals surface area contributed by atoms with Gasteiger partial charge in [0.1, 0.15) is 11.7 Å². The van der Waals surface area contributed by atoms with Gasteiger partial charge in [-0.1, -0.05) is 74.1 Å². The van der Waals surface area contributed by atoms with E-state index in [0.717, 1.165) is 12.2 Å². The summed E-state index contributed by atoms with van der Waals surface area (Å²) in [6.07, 6.45) is 1.16. The zero-order valence-electron chi connectivity index (χ0n) is 13.7. The van der Waals surface area contributed by atoms with Gasteiger partial charge in [0, 0.05) is 4.90 Å². The van der Waals surface area contributed by atoms with Crippen molar-refractivity contribution in [3.05, 3.63) is 72.3 Å². The van der Waals surface area contributed by atoms with Crippen LogP contribution in [0.15, 0.2) is 71.6 Å². The molecule has 0 saturated carbocycles. The van der Waals surface area contributed by atoms with Gasteiger partial charge in [-0.15, -0.1) is 0 Å². The van der Waals surface area contributed by atoms with Crippen molar-refractivity contribution in [3.8, 4) is 5.75 Å². The van der Waals surface area contributed by atoms with Gasteiger partial charge in [0.05, 0.1) is 0 Å². The molecule has 23 heavy (non-hydrogen) atoms. The van der Waals surface area contributed by atoms with Crippen LogP contribution >= 0.6 is 11.8 Å². The lowest BCUT2D eigenvalue weighted by Crippen LogP contribution is -1.95. The van der Waals surface area contributed by atoms with Crippen LogP contribution in [-0.2, 0) is 0 Å². The third-order valence-corrected chi connectivity index (χ3v) is 5.15. The summed E-state index contributed by atoms with van der Waals surface area (Å²) in [7, 11) is 0. The van der Waals surface area contributed by atoms with E-state index < -0.39 is 0 Å². The summed E-state index contributed by atoms with van der Waals surface area (Å²) in [5.41, 5.74) is 1.38.